The predicted octanol–water partition coefficient (Wildman–Crippen LogP) is 1.18. The van der Waals surface area contributed by atoms with E-state index in [4.69, 9.17) is 10.8 Å². The second-order valence-electron chi connectivity index (χ2n) is 4.45. The van der Waals surface area contributed by atoms with E-state index in [1.807, 2.05) is 6.92 Å². The van der Waals surface area contributed by atoms with Crippen LogP contribution in [0, 0.1) is 13.8 Å². The molecule has 100 valence electrons. The fraction of sp³-hybridized carbons (Fsp3) is 0.417. The molecule has 0 aliphatic heterocycles. The lowest BCUT2D eigenvalue weighted by atomic mass is 9.99. The number of carbonyl (C=O) groups is 1. The number of aliphatic carboxylic acids is 1. The number of sulfone groups is 1. The summed E-state index contributed by atoms with van der Waals surface area (Å²) in [7, 11) is -3.43. The second kappa shape index (κ2) is 5.07. The molecule has 0 amide bonds. The van der Waals surface area contributed by atoms with Crippen molar-refractivity contribution in [3.63, 3.8) is 0 Å². The minimum absolute atomic E-state index is 0.111. The number of carboxylic acids is 1. The third-order valence-corrected chi connectivity index (χ3v) is 3.97. The van der Waals surface area contributed by atoms with E-state index in [0.717, 1.165) is 17.4 Å². The molecule has 1 atom stereocenters. The van der Waals surface area contributed by atoms with E-state index in [2.05, 4.69) is 0 Å². The average Bonchev–Trinajstić information content (AvgIpc) is 2.18. The van der Waals surface area contributed by atoms with Crippen LogP contribution < -0.4 is 5.73 Å². The van der Waals surface area contributed by atoms with Crippen LogP contribution in [0.2, 0.25) is 0 Å². The van der Waals surface area contributed by atoms with Gasteiger partial charge in [0.1, 0.15) is 0 Å². The van der Waals surface area contributed by atoms with Crippen LogP contribution in [0.15, 0.2) is 17.0 Å². The monoisotopic (exact) mass is 271 g/mol. The van der Waals surface area contributed by atoms with E-state index in [1.54, 1.807) is 19.1 Å². The highest BCUT2D eigenvalue weighted by molar-refractivity contribution is 7.90. The number of carboxylic acid groups (broad SMARTS) is 1. The van der Waals surface area contributed by atoms with Crippen LogP contribution >= 0.6 is 0 Å². The van der Waals surface area contributed by atoms with Crippen molar-refractivity contribution in [2.45, 2.75) is 31.2 Å². The van der Waals surface area contributed by atoms with Gasteiger partial charge in [-0.05, 0) is 36.6 Å². The van der Waals surface area contributed by atoms with Crippen LogP contribution in [-0.4, -0.2) is 25.7 Å². The molecule has 1 aromatic rings. The molecule has 0 bridgehead atoms. The molecule has 0 aromatic heterocycles. The van der Waals surface area contributed by atoms with Crippen LogP contribution in [0.5, 0.6) is 0 Å². The summed E-state index contributed by atoms with van der Waals surface area (Å²) in [6.07, 6.45) is 0.791. The van der Waals surface area contributed by atoms with Crippen molar-refractivity contribution in [1.29, 1.82) is 0 Å². The summed E-state index contributed by atoms with van der Waals surface area (Å²) < 4.78 is 23.4. The zero-order valence-electron chi connectivity index (χ0n) is 10.6. The summed E-state index contributed by atoms with van der Waals surface area (Å²) in [6, 6.07) is 2.37. The van der Waals surface area contributed by atoms with E-state index in [9.17, 15) is 13.2 Å². The number of benzene rings is 1. The predicted molar refractivity (Wildman–Crippen MR) is 68.2 cm³/mol. The summed E-state index contributed by atoms with van der Waals surface area (Å²) in [5, 5.41) is 8.73. The maximum absolute atomic E-state index is 11.7. The highest BCUT2D eigenvalue weighted by atomic mass is 32.2. The number of hydrogen-bond donors (Lipinski definition) is 2. The van der Waals surface area contributed by atoms with Gasteiger partial charge in [0.05, 0.1) is 11.3 Å². The molecule has 5 nitrogen and oxygen atoms in total. The molecule has 1 unspecified atom stereocenters. The normalized spacial score (nSPS) is 13.3. The number of nitrogens with two attached hydrogens (primary N) is 1. The van der Waals surface area contributed by atoms with Gasteiger partial charge in [0.2, 0.25) is 0 Å². The van der Waals surface area contributed by atoms with Crippen LogP contribution in [0.4, 0.5) is 0 Å². The Morgan fingerprint density at radius 3 is 2.28 bits per heavy atom. The van der Waals surface area contributed by atoms with Gasteiger partial charge in [0, 0.05) is 12.3 Å². The largest absolute Gasteiger partial charge is 0.481 e. The molecule has 6 heteroatoms. The van der Waals surface area contributed by atoms with E-state index >= 15 is 0 Å². The van der Waals surface area contributed by atoms with Gasteiger partial charge in [-0.1, -0.05) is 6.07 Å². The Bertz CT molecular complexity index is 578. The van der Waals surface area contributed by atoms with Gasteiger partial charge in [-0.15, -0.1) is 0 Å². The van der Waals surface area contributed by atoms with Gasteiger partial charge in [-0.3, -0.25) is 4.79 Å². The fourth-order valence-corrected chi connectivity index (χ4v) is 2.75. The van der Waals surface area contributed by atoms with Crippen LogP contribution in [0.3, 0.4) is 0 Å². The Morgan fingerprint density at radius 2 is 1.83 bits per heavy atom. The molecule has 0 saturated carbocycles. The molecule has 3 N–H and O–H groups in total. The smallest absolute Gasteiger partial charge is 0.305 e. The van der Waals surface area contributed by atoms with Gasteiger partial charge < -0.3 is 10.8 Å². The Kier molecular flexibility index (Phi) is 4.13. The molecule has 18 heavy (non-hydrogen) atoms. The lowest BCUT2D eigenvalue weighted by Crippen LogP contribution is -2.18. The summed E-state index contributed by atoms with van der Waals surface area (Å²) >= 11 is 0. The van der Waals surface area contributed by atoms with Crippen molar-refractivity contribution in [1.82, 2.24) is 0 Å². The fourth-order valence-electron chi connectivity index (χ4n) is 1.72. The molecule has 0 radical (unpaired) electrons. The Morgan fingerprint density at radius 1 is 1.33 bits per heavy atom. The van der Waals surface area contributed by atoms with Gasteiger partial charge >= 0.3 is 5.97 Å². The first-order chi connectivity index (χ1) is 8.12. The van der Waals surface area contributed by atoms with Crippen LogP contribution in [0.25, 0.3) is 0 Å². The maximum atomic E-state index is 11.7. The summed E-state index contributed by atoms with van der Waals surface area (Å²) in [4.78, 5) is 10.8. The van der Waals surface area contributed by atoms with Crippen molar-refractivity contribution < 1.29 is 18.3 Å². The van der Waals surface area contributed by atoms with E-state index in [1.165, 1.54) is 0 Å². The molecule has 0 saturated heterocycles. The van der Waals surface area contributed by atoms with E-state index in [-0.39, 0.29) is 11.3 Å². The molecular formula is C12H17NO4S. The van der Waals surface area contributed by atoms with Crippen molar-refractivity contribution >= 4 is 15.8 Å². The average molecular weight is 271 g/mol. The van der Waals surface area contributed by atoms with Gasteiger partial charge in [-0.2, -0.15) is 0 Å². The molecule has 0 aliphatic carbocycles. The molecule has 0 aliphatic rings. The third kappa shape index (κ3) is 3.30. The molecule has 0 heterocycles. The molecule has 1 rings (SSSR count). The molecule has 1 aromatic carbocycles. The Labute approximate surface area is 107 Å². The highest BCUT2D eigenvalue weighted by Gasteiger charge is 2.21. The van der Waals surface area contributed by atoms with Crippen LogP contribution in [0.1, 0.15) is 29.2 Å². The molecular weight excluding hydrogens is 254 g/mol. The van der Waals surface area contributed by atoms with Crippen molar-refractivity contribution in [3.8, 4) is 0 Å². The zero-order chi connectivity index (χ0) is 14.1. The standard InChI is InChI=1S/C12H17NO4S/c1-7-4-9(10(13)6-12(14)15)11(5-8(7)2)18(3,16)17/h4-5,10H,6,13H2,1-3H3,(H,14,15). The Balaban J connectivity index is 3.41. The van der Waals surface area contributed by atoms with Crippen molar-refractivity contribution in [3.05, 3.63) is 28.8 Å². The first-order valence-corrected chi connectivity index (χ1v) is 7.30. The highest BCUT2D eigenvalue weighted by Crippen LogP contribution is 2.26. The molecule has 0 spiro atoms. The summed E-state index contributed by atoms with van der Waals surface area (Å²) in [5.41, 5.74) is 7.85. The number of hydrogen-bond acceptors (Lipinski definition) is 4. The maximum Gasteiger partial charge on any atom is 0.305 e. The number of aryl methyl sites for hydroxylation is 2. The summed E-state index contributed by atoms with van der Waals surface area (Å²) in [6.45, 7) is 3.63. The first kappa shape index (κ1) is 14.7. The minimum atomic E-state index is -3.43. The van der Waals surface area contributed by atoms with Gasteiger partial charge in [0.15, 0.2) is 9.84 Å². The summed E-state index contributed by atoms with van der Waals surface area (Å²) in [5.74, 6) is -1.06. The SMILES string of the molecule is Cc1cc(C(N)CC(=O)O)c(S(C)(=O)=O)cc1C. The lowest BCUT2D eigenvalue weighted by molar-refractivity contribution is -0.137. The zero-order valence-corrected chi connectivity index (χ0v) is 11.4. The number of rotatable bonds is 4. The second-order valence-corrected chi connectivity index (χ2v) is 6.43. The molecule has 0 fully saturated rings. The minimum Gasteiger partial charge on any atom is -0.481 e. The van der Waals surface area contributed by atoms with E-state index < -0.39 is 21.8 Å². The van der Waals surface area contributed by atoms with Crippen molar-refractivity contribution in [2.75, 3.05) is 6.26 Å². The lowest BCUT2D eigenvalue weighted by Gasteiger charge is -2.16. The van der Waals surface area contributed by atoms with Gasteiger partial charge in [-0.25, -0.2) is 8.42 Å². The van der Waals surface area contributed by atoms with Crippen molar-refractivity contribution in [2.24, 2.45) is 5.73 Å². The topological polar surface area (TPSA) is 97.5 Å². The third-order valence-electron chi connectivity index (χ3n) is 2.82. The first-order valence-electron chi connectivity index (χ1n) is 5.41. The van der Waals surface area contributed by atoms with E-state index in [0.29, 0.717) is 5.56 Å². The quantitative estimate of drug-likeness (QED) is 0.857. The Hall–Kier alpha value is -1.40. The van der Waals surface area contributed by atoms with Crippen LogP contribution in [-0.2, 0) is 14.6 Å². The van der Waals surface area contributed by atoms with Gasteiger partial charge in [0.25, 0.3) is 0 Å².